The van der Waals surface area contributed by atoms with Gasteiger partial charge in [0.15, 0.2) is 0 Å². The summed E-state index contributed by atoms with van der Waals surface area (Å²) in [5, 5.41) is 2.65. The number of benzene rings is 1. The summed E-state index contributed by atoms with van der Waals surface area (Å²) >= 11 is 5.64. The van der Waals surface area contributed by atoms with E-state index in [0.717, 1.165) is 25.0 Å². The van der Waals surface area contributed by atoms with Gasteiger partial charge < -0.3 is 5.32 Å². The van der Waals surface area contributed by atoms with E-state index in [-0.39, 0.29) is 11.5 Å². The highest BCUT2D eigenvalue weighted by Gasteiger charge is 2.30. The van der Waals surface area contributed by atoms with Gasteiger partial charge in [-0.05, 0) is 30.5 Å². The molecule has 6 heteroatoms. The van der Waals surface area contributed by atoms with Gasteiger partial charge in [0.05, 0.1) is 5.56 Å². The molecule has 20 heavy (non-hydrogen) atoms. The largest absolute Gasteiger partial charge is 0.416 e. The Morgan fingerprint density at radius 1 is 1.40 bits per heavy atom. The third-order valence-electron chi connectivity index (χ3n) is 3.10. The van der Waals surface area contributed by atoms with Crippen molar-refractivity contribution in [1.29, 1.82) is 0 Å². The fraction of sp³-hybridized carbons (Fsp3) is 0.500. The van der Waals surface area contributed by atoms with Gasteiger partial charge >= 0.3 is 6.18 Å². The van der Waals surface area contributed by atoms with Crippen LogP contribution in [0.25, 0.3) is 0 Å². The molecule has 1 N–H and O–H groups in total. The Hall–Kier alpha value is -1.23. The van der Waals surface area contributed by atoms with Crippen molar-refractivity contribution in [2.45, 2.75) is 25.9 Å². The smallest absolute Gasteiger partial charge is 0.352 e. The molecule has 0 aliphatic heterocycles. The lowest BCUT2D eigenvalue weighted by Crippen LogP contribution is -2.29. The first-order valence-electron chi connectivity index (χ1n) is 6.40. The van der Waals surface area contributed by atoms with Crippen molar-refractivity contribution in [3.05, 3.63) is 35.4 Å². The molecule has 0 aliphatic carbocycles. The number of carbonyl (C=O) groups is 1. The summed E-state index contributed by atoms with van der Waals surface area (Å²) in [7, 11) is 0. The number of hydrogen-bond acceptors (Lipinski definition) is 1. The molecule has 1 rings (SSSR count). The number of carbonyl (C=O) groups excluding carboxylic acids is 1. The molecule has 0 fully saturated rings. The quantitative estimate of drug-likeness (QED) is 0.788. The van der Waals surface area contributed by atoms with E-state index >= 15 is 0 Å². The Balaban J connectivity index is 2.68. The molecule has 1 amide bonds. The fourth-order valence-electron chi connectivity index (χ4n) is 1.78. The van der Waals surface area contributed by atoms with Crippen molar-refractivity contribution >= 4 is 17.5 Å². The second-order valence-electron chi connectivity index (χ2n) is 4.54. The average molecular weight is 308 g/mol. The van der Waals surface area contributed by atoms with Crippen LogP contribution in [0.3, 0.4) is 0 Å². The monoisotopic (exact) mass is 307 g/mol. The molecule has 1 atom stereocenters. The highest BCUT2D eigenvalue weighted by Crippen LogP contribution is 2.29. The summed E-state index contributed by atoms with van der Waals surface area (Å²) < 4.78 is 37.7. The Bertz CT molecular complexity index is 448. The van der Waals surface area contributed by atoms with E-state index in [1.807, 2.05) is 6.92 Å². The predicted molar refractivity (Wildman–Crippen MR) is 72.9 cm³/mol. The molecule has 1 aromatic carbocycles. The number of nitrogens with one attached hydrogen (secondary N) is 1. The van der Waals surface area contributed by atoms with Gasteiger partial charge in [-0.15, -0.1) is 11.6 Å². The minimum atomic E-state index is -4.44. The van der Waals surface area contributed by atoms with Crippen LogP contribution in [-0.2, 0) is 6.18 Å². The average Bonchev–Trinajstić information content (AvgIpc) is 2.42. The van der Waals surface area contributed by atoms with Gasteiger partial charge in [0.25, 0.3) is 5.91 Å². The minimum Gasteiger partial charge on any atom is -0.352 e. The molecule has 0 saturated heterocycles. The van der Waals surface area contributed by atoms with Crippen LogP contribution in [0, 0.1) is 5.92 Å². The van der Waals surface area contributed by atoms with Crippen molar-refractivity contribution in [3.63, 3.8) is 0 Å². The van der Waals surface area contributed by atoms with Gasteiger partial charge in [-0.1, -0.05) is 19.4 Å². The molecule has 112 valence electrons. The molecule has 0 aromatic heterocycles. The van der Waals surface area contributed by atoms with Crippen LogP contribution >= 0.6 is 11.6 Å². The van der Waals surface area contributed by atoms with Crippen LogP contribution in [0.5, 0.6) is 0 Å². The van der Waals surface area contributed by atoms with E-state index in [1.54, 1.807) is 0 Å². The van der Waals surface area contributed by atoms with Crippen LogP contribution in [0.15, 0.2) is 24.3 Å². The van der Waals surface area contributed by atoms with Crippen molar-refractivity contribution < 1.29 is 18.0 Å². The third-order valence-corrected chi connectivity index (χ3v) is 3.32. The van der Waals surface area contributed by atoms with E-state index in [9.17, 15) is 18.0 Å². The standard InChI is InChI=1S/C14H17ClF3NO/c1-2-10(6-7-15)9-19-13(20)11-4-3-5-12(8-11)14(16,17)18/h3-5,8,10H,2,6-7,9H2,1H3,(H,19,20). The zero-order chi connectivity index (χ0) is 15.2. The van der Waals surface area contributed by atoms with Gasteiger partial charge in [0.2, 0.25) is 0 Å². The maximum absolute atomic E-state index is 12.6. The zero-order valence-electron chi connectivity index (χ0n) is 11.1. The highest BCUT2D eigenvalue weighted by molar-refractivity contribution is 6.17. The second-order valence-corrected chi connectivity index (χ2v) is 4.92. The summed E-state index contributed by atoms with van der Waals surface area (Å²) in [6, 6.07) is 4.40. The molecule has 2 nitrogen and oxygen atoms in total. The van der Waals surface area contributed by atoms with E-state index in [1.165, 1.54) is 12.1 Å². The van der Waals surface area contributed by atoms with Crippen molar-refractivity contribution in [2.75, 3.05) is 12.4 Å². The van der Waals surface area contributed by atoms with Crippen molar-refractivity contribution in [2.24, 2.45) is 5.92 Å². The van der Waals surface area contributed by atoms with Gasteiger partial charge in [-0.2, -0.15) is 13.2 Å². The van der Waals surface area contributed by atoms with Gasteiger partial charge in [0, 0.05) is 18.0 Å². The van der Waals surface area contributed by atoms with Crippen LogP contribution in [0.4, 0.5) is 13.2 Å². The van der Waals surface area contributed by atoms with E-state index in [0.29, 0.717) is 12.4 Å². The van der Waals surface area contributed by atoms with Crippen LogP contribution in [0.1, 0.15) is 35.7 Å². The number of amides is 1. The lowest BCUT2D eigenvalue weighted by molar-refractivity contribution is -0.137. The van der Waals surface area contributed by atoms with E-state index in [4.69, 9.17) is 11.6 Å². The summed E-state index contributed by atoms with van der Waals surface area (Å²) in [5.41, 5.74) is -0.807. The molecule has 0 spiro atoms. The number of halogens is 4. The van der Waals surface area contributed by atoms with Gasteiger partial charge in [0.1, 0.15) is 0 Å². The first-order chi connectivity index (χ1) is 9.38. The SMILES string of the molecule is CCC(CCCl)CNC(=O)c1cccc(C(F)(F)F)c1. The van der Waals surface area contributed by atoms with Gasteiger partial charge in [-0.25, -0.2) is 0 Å². The topological polar surface area (TPSA) is 29.1 Å². The number of alkyl halides is 4. The normalized spacial score (nSPS) is 13.1. The summed E-state index contributed by atoms with van der Waals surface area (Å²) in [5.74, 6) is 0.240. The summed E-state index contributed by atoms with van der Waals surface area (Å²) in [6.45, 7) is 2.39. The molecule has 1 unspecified atom stereocenters. The first-order valence-corrected chi connectivity index (χ1v) is 6.93. The first kappa shape index (κ1) is 16.8. The maximum Gasteiger partial charge on any atom is 0.416 e. The Labute approximate surface area is 121 Å². The number of rotatable bonds is 6. The maximum atomic E-state index is 12.6. The van der Waals surface area contributed by atoms with Crippen LogP contribution < -0.4 is 5.32 Å². The Kier molecular flexibility index (Phi) is 6.33. The Morgan fingerprint density at radius 2 is 2.10 bits per heavy atom. The van der Waals surface area contributed by atoms with Crippen LogP contribution in [0.2, 0.25) is 0 Å². The molecule has 0 bridgehead atoms. The predicted octanol–water partition coefficient (Wildman–Crippen LogP) is 4.09. The molecule has 0 saturated carbocycles. The molecule has 0 radical (unpaired) electrons. The number of hydrogen-bond donors (Lipinski definition) is 1. The molecular formula is C14H17ClF3NO. The van der Waals surface area contributed by atoms with Gasteiger partial charge in [-0.3, -0.25) is 4.79 Å². The summed E-state index contributed by atoms with van der Waals surface area (Å²) in [6.07, 6.45) is -2.82. The molecular weight excluding hydrogens is 291 g/mol. The van der Waals surface area contributed by atoms with E-state index in [2.05, 4.69) is 5.32 Å². The fourth-order valence-corrected chi connectivity index (χ4v) is 2.09. The van der Waals surface area contributed by atoms with E-state index < -0.39 is 17.6 Å². The van der Waals surface area contributed by atoms with Crippen LogP contribution in [-0.4, -0.2) is 18.3 Å². The summed E-state index contributed by atoms with van der Waals surface area (Å²) in [4.78, 5) is 11.8. The molecule has 1 aromatic rings. The lowest BCUT2D eigenvalue weighted by Gasteiger charge is -2.14. The molecule has 0 heterocycles. The van der Waals surface area contributed by atoms with Crippen molar-refractivity contribution in [3.8, 4) is 0 Å². The minimum absolute atomic E-state index is 0.0144. The Morgan fingerprint density at radius 3 is 2.65 bits per heavy atom. The zero-order valence-corrected chi connectivity index (χ0v) is 11.9. The highest BCUT2D eigenvalue weighted by atomic mass is 35.5. The molecule has 0 aliphatic rings. The second kappa shape index (κ2) is 7.53. The third kappa shape index (κ3) is 5.04. The lowest BCUT2D eigenvalue weighted by atomic mass is 10.0. The van der Waals surface area contributed by atoms with Crippen molar-refractivity contribution in [1.82, 2.24) is 5.32 Å².